The highest BCUT2D eigenvalue weighted by Crippen LogP contribution is 2.37. The van der Waals surface area contributed by atoms with E-state index in [2.05, 4.69) is 0 Å². The van der Waals surface area contributed by atoms with Crippen LogP contribution in [-0.2, 0) is 32.5 Å². The van der Waals surface area contributed by atoms with E-state index in [9.17, 15) is 22.6 Å². The molecule has 1 saturated heterocycles. The van der Waals surface area contributed by atoms with Crippen molar-refractivity contribution in [2.45, 2.75) is 22.8 Å². The van der Waals surface area contributed by atoms with Gasteiger partial charge in [-0.3, -0.25) is 9.35 Å². The second-order valence-electron chi connectivity index (χ2n) is 7.75. The lowest BCUT2D eigenvalue weighted by Crippen LogP contribution is -2.40. The molecule has 0 bridgehead atoms. The van der Waals surface area contributed by atoms with Gasteiger partial charge in [-0.1, -0.05) is 42.5 Å². The largest absolute Gasteiger partial charge is 0.465 e. The second kappa shape index (κ2) is 10.0. The summed E-state index contributed by atoms with van der Waals surface area (Å²) >= 11 is 0.904. The number of thioether (sulfide) groups is 1. The molecule has 2 heterocycles. The summed E-state index contributed by atoms with van der Waals surface area (Å²) < 4.78 is 42.9. The Bertz CT molecular complexity index is 1270. The summed E-state index contributed by atoms with van der Waals surface area (Å²) in [5, 5.41) is -0.705. The van der Waals surface area contributed by atoms with Crippen molar-refractivity contribution in [3.63, 3.8) is 0 Å². The third-order valence-electron chi connectivity index (χ3n) is 5.47. The summed E-state index contributed by atoms with van der Waals surface area (Å²) in [6, 6.07) is 19.6. The summed E-state index contributed by atoms with van der Waals surface area (Å²) in [6.45, 7) is 0.173. The first-order chi connectivity index (χ1) is 16.3. The van der Waals surface area contributed by atoms with Crippen LogP contribution in [0.25, 0.3) is 11.3 Å². The number of nitrogens with zero attached hydrogens (tertiary/aromatic N) is 1. The highest BCUT2D eigenvalue weighted by Gasteiger charge is 2.46. The summed E-state index contributed by atoms with van der Waals surface area (Å²) in [7, 11) is -3.15. The first-order valence-corrected chi connectivity index (χ1v) is 12.9. The lowest BCUT2D eigenvalue weighted by atomic mass is 10.1. The smallest absolute Gasteiger partial charge is 0.337 e. The van der Waals surface area contributed by atoms with Crippen molar-refractivity contribution in [2.75, 3.05) is 13.7 Å². The average molecular weight is 502 g/mol. The molecule has 0 radical (unpaired) electrons. The van der Waals surface area contributed by atoms with Crippen molar-refractivity contribution >= 4 is 33.8 Å². The van der Waals surface area contributed by atoms with E-state index in [1.807, 2.05) is 30.3 Å². The quantitative estimate of drug-likeness (QED) is 0.368. The zero-order chi connectivity index (χ0) is 24.3. The molecule has 1 amide bonds. The van der Waals surface area contributed by atoms with Gasteiger partial charge in [0, 0.05) is 18.5 Å². The zero-order valence-corrected chi connectivity index (χ0v) is 19.9. The van der Waals surface area contributed by atoms with Gasteiger partial charge in [0.05, 0.1) is 17.9 Å². The van der Waals surface area contributed by atoms with Crippen LogP contribution in [0, 0.1) is 0 Å². The maximum atomic E-state index is 13.0. The van der Waals surface area contributed by atoms with Gasteiger partial charge in [0.1, 0.15) is 11.5 Å². The molecule has 0 saturated carbocycles. The van der Waals surface area contributed by atoms with Crippen molar-refractivity contribution in [2.24, 2.45) is 0 Å². The van der Waals surface area contributed by atoms with E-state index < -0.39 is 26.0 Å². The predicted molar refractivity (Wildman–Crippen MR) is 128 cm³/mol. The van der Waals surface area contributed by atoms with Crippen LogP contribution < -0.4 is 0 Å². The predicted octanol–water partition coefficient (Wildman–Crippen LogP) is 3.63. The molecule has 4 rings (SSSR count). The number of amides is 1. The van der Waals surface area contributed by atoms with Gasteiger partial charge in [0.15, 0.2) is 0 Å². The van der Waals surface area contributed by atoms with Crippen molar-refractivity contribution < 1.29 is 31.7 Å². The van der Waals surface area contributed by atoms with Crippen molar-refractivity contribution in [3.05, 3.63) is 83.6 Å². The molecule has 8 nitrogen and oxygen atoms in total. The van der Waals surface area contributed by atoms with Crippen LogP contribution in [0.5, 0.6) is 0 Å². The van der Waals surface area contributed by atoms with Crippen LogP contribution in [0.1, 0.15) is 21.7 Å². The number of ether oxygens (including phenoxy) is 1. The van der Waals surface area contributed by atoms with E-state index in [-0.39, 0.29) is 18.9 Å². The lowest BCUT2D eigenvalue weighted by Gasteiger charge is -2.21. The van der Waals surface area contributed by atoms with Gasteiger partial charge in [-0.2, -0.15) is 8.42 Å². The van der Waals surface area contributed by atoms with E-state index in [0.717, 1.165) is 22.9 Å². The molecular formula is C24H23NO7S2. The van der Waals surface area contributed by atoms with E-state index in [4.69, 9.17) is 9.15 Å². The third kappa shape index (κ3) is 5.35. The minimum absolute atomic E-state index is 0.173. The fourth-order valence-electron chi connectivity index (χ4n) is 3.75. The molecule has 0 aliphatic carbocycles. The standard InChI is InChI=1S/C24H23NO7S2/c1-31-23(27)18-9-7-17(8-10-18)20-12-11-19(32-20)15-21-22(26)25(24(33-21)34(28,29)30)14-13-16-5-3-2-4-6-16/h2-12,21,24H,13-15H2,1H3,(H,28,29,30). The average Bonchev–Trinajstić information content (AvgIpc) is 3.43. The number of esters is 1. The number of hydrogen-bond acceptors (Lipinski definition) is 7. The van der Waals surface area contributed by atoms with E-state index in [0.29, 0.717) is 23.5 Å². The molecule has 1 aromatic heterocycles. The molecule has 178 valence electrons. The molecule has 2 unspecified atom stereocenters. The highest BCUT2D eigenvalue weighted by atomic mass is 32.3. The summed E-state index contributed by atoms with van der Waals surface area (Å²) in [6.07, 6.45) is 0.649. The lowest BCUT2D eigenvalue weighted by molar-refractivity contribution is -0.129. The number of hydrogen-bond donors (Lipinski definition) is 1. The number of benzene rings is 2. The molecule has 10 heteroatoms. The van der Waals surface area contributed by atoms with E-state index in [1.165, 1.54) is 12.0 Å². The van der Waals surface area contributed by atoms with Gasteiger partial charge in [-0.25, -0.2) is 4.79 Å². The number of furan rings is 1. The molecular weight excluding hydrogens is 478 g/mol. The Balaban J connectivity index is 1.46. The molecule has 3 aromatic rings. The number of methoxy groups -OCH3 is 1. The Hall–Kier alpha value is -3.08. The van der Waals surface area contributed by atoms with Gasteiger partial charge in [0.25, 0.3) is 10.1 Å². The van der Waals surface area contributed by atoms with Gasteiger partial charge in [-0.05, 0) is 36.2 Å². The molecule has 1 N–H and O–H groups in total. The number of rotatable bonds is 8. The van der Waals surface area contributed by atoms with Crippen LogP contribution in [-0.4, -0.2) is 53.4 Å². The fraction of sp³-hybridized carbons (Fsp3) is 0.250. The Morgan fingerprint density at radius 1 is 1.09 bits per heavy atom. The maximum absolute atomic E-state index is 13.0. The molecule has 34 heavy (non-hydrogen) atoms. The Morgan fingerprint density at radius 3 is 2.44 bits per heavy atom. The molecule has 2 aromatic carbocycles. The Kier molecular flexibility index (Phi) is 7.11. The topological polar surface area (TPSA) is 114 Å². The number of carbonyl (C=O) groups excluding carboxylic acids is 2. The monoisotopic (exact) mass is 501 g/mol. The first-order valence-electron chi connectivity index (χ1n) is 10.5. The van der Waals surface area contributed by atoms with Crippen LogP contribution >= 0.6 is 11.8 Å². The third-order valence-corrected chi connectivity index (χ3v) is 8.48. The second-order valence-corrected chi connectivity index (χ2v) is 10.8. The Labute approximate surface area is 201 Å². The van der Waals surface area contributed by atoms with Crippen molar-refractivity contribution in [3.8, 4) is 11.3 Å². The minimum Gasteiger partial charge on any atom is -0.465 e. The number of carbonyl (C=O) groups is 2. The van der Waals surface area contributed by atoms with E-state index >= 15 is 0 Å². The normalized spacial score (nSPS) is 18.3. The highest BCUT2D eigenvalue weighted by molar-refractivity contribution is 8.12. The van der Waals surface area contributed by atoms with Gasteiger partial charge >= 0.3 is 5.97 Å². The molecule has 1 fully saturated rings. The van der Waals surface area contributed by atoms with Crippen molar-refractivity contribution in [1.82, 2.24) is 4.90 Å². The molecule has 2 atom stereocenters. The van der Waals surface area contributed by atoms with Crippen LogP contribution in [0.2, 0.25) is 0 Å². The van der Waals surface area contributed by atoms with Crippen LogP contribution in [0.4, 0.5) is 0 Å². The zero-order valence-electron chi connectivity index (χ0n) is 18.3. The van der Waals surface area contributed by atoms with Crippen LogP contribution in [0.3, 0.4) is 0 Å². The summed E-state index contributed by atoms with van der Waals surface area (Å²) in [4.78, 5) is 25.8. The molecule has 1 aliphatic rings. The van der Waals surface area contributed by atoms with Gasteiger partial charge in [-0.15, -0.1) is 11.8 Å². The van der Waals surface area contributed by atoms with E-state index in [1.54, 1.807) is 36.4 Å². The summed E-state index contributed by atoms with van der Waals surface area (Å²) in [5.41, 5.74) is 2.12. The first kappa shape index (κ1) is 24.1. The minimum atomic E-state index is -4.47. The van der Waals surface area contributed by atoms with Crippen LogP contribution in [0.15, 0.2) is 71.1 Å². The van der Waals surface area contributed by atoms with Gasteiger partial charge in [0.2, 0.25) is 10.6 Å². The Morgan fingerprint density at radius 2 is 1.79 bits per heavy atom. The SMILES string of the molecule is COC(=O)c1ccc(-c2ccc(CC3SC(S(=O)(=O)O)N(CCc4ccccc4)C3=O)o2)cc1. The molecule has 0 spiro atoms. The maximum Gasteiger partial charge on any atom is 0.337 e. The van der Waals surface area contributed by atoms with Gasteiger partial charge < -0.3 is 14.1 Å². The van der Waals surface area contributed by atoms with Crippen molar-refractivity contribution in [1.29, 1.82) is 0 Å². The summed E-state index contributed by atoms with van der Waals surface area (Å²) in [5.74, 6) is 0.267. The fourth-order valence-corrected chi connectivity index (χ4v) is 6.40. The molecule has 1 aliphatic heterocycles.